The maximum Gasteiger partial charge on any atom is 0.133 e. The molecule has 1 N–H and O–H groups in total. The minimum atomic E-state index is 0.598. The Kier molecular flexibility index (Phi) is 7.69. The van der Waals surface area contributed by atoms with E-state index in [4.69, 9.17) is 0 Å². The molecule has 0 saturated carbocycles. The van der Waals surface area contributed by atoms with Gasteiger partial charge in [-0.25, -0.2) is 0 Å². The van der Waals surface area contributed by atoms with Crippen LogP contribution >= 0.6 is 0 Å². The van der Waals surface area contributed by atoms with E-state index in [0.29, 0.717) is 5.92 Å². The summed E-state index contributed by atoms with van der Waals surface area (Å²) in [6.07, 6.45) is 13.5. The number of aromatic nitrogens is 3. The lowest BCUT2D eigenvalue weighted by atomic mass is 9.94. The molecule has 0 aliphatic rings. The Labute approximate surface area is 105 Å². The van der Waals surface area contributed by atoms with Crippen molar-refractivity contribution in [2.45, 2.75) is 77.6 Å². The van der Waals surface area contributed by atoms with Crippen molar-refractivity contribution in [2.75, 3.05) is 0 Å². The van der Waals surface area contributed by atoms with Crippen molar-refractivity contribution in [1.29, 1.82) is 0 Å². The van der Waals surface area contributed by atoms with Crippen LogP contribution in [-0.4, -0.2) is 15.2 Å². The van der Waals surface area contributed by atoms with Crippen LogP contribution in [0.1, 0.15) is 83.4 Å². The molecule has 0 aromatic carbocycles. The van der Waals surface area contributed by atoms with E-state index < -0.39 is 0 Å². The summed E-state index contributed by atoms with van der Waals surface area (Å²) < 4.78 is 0. The molecule has 1 rings (SSSR count). The van der Waals surface area contributed by atoms with E-state index in [-0.39, 0.29) is 0 Å². The highest BCUT2D eigenvalue weighted by Gasteiger charge is 2.13. The molecule has 0 amide bonds. The van der Waals surface area contributed by atoms with Crippen molar-refractivity contribution in [3.05, 3.63) is 12.2 Å². The quantitative estimate of drug-likeness (QED) is 0.611. The number of H-pyrrole nitrogens is 1. The van der Waals surface area contributed by atoms with Gasteiger partial charge < -0.3 is 4.98 Å². The van der Waals surface area contributed by atoms with E-state index in [2.05, 4.69) is 29.0 Å². The lowest BCUT2D eigenvalue weighted by Crippen LogP contribution is -2.02. The zero-order valence-corrected chi connectivity index (χ0v) is 11.4. The van der Waals surface area contributed by atoms with E-state index >= 15 is 0 Å². The lowest BCUT2D eigenvalue weighted by Gasteiger charge is -2.13. The maximum absolute atomic E-state index is 4.19. The molecule has 17 heavy (non-hydrogen) atoms. The van der Waals surface area contributed by atoms with Crippen LogP contribution in [0.2, 0.25) is 0 Å². The second-order valence-corrected chi connectivity index (χ2v) is 4.92. The fraction of sp³-hybridized carbons (Fsp3) is 0.857. The van der Waals surface area contributed by atoms with Gasteiger partial charge in [-0.2, -0.15) is 0 Å². The molecule has 1 aromatic rings. The number of rotatable bonds is 10. The van der Waals surface area contributed by atoms with Gasteiger partial charge in [-0.1, -0.05) is 58.8 Å². The summed E-state index contributed by atoms with van der Waals surface area (Å²) in [5.74, 6) is 1.69. The van der Waals surface area contributed by atoms with Crippen LogP contribution in [0.4, 0.5) is 0 Å². The van der Waals surface area contributed by atoms with Crippen LogP contribution in [0.15, 0.2) is 6.33 Å². The van der Waals surface area contributed by atoms with Gasteiger partial charge in [0.15, 0.2) is 0 Å². The summed E-state index contributed by atoms with van der Waals surface area (Å²) in [6, 6.07) is 0. The fourth-order valence-corrected chi connectivity index (χ4v) is 2.29. The summed E-state index contributed by atoms with van der Waals surface area (Å²) in [6.45, 7) is 4.51. The molecule has 1 unspecified atom stereocenters. The normalized spacial score (nSPS) is 12.8. The molecule has 3 heteroatoms. The average molecular weight is 237 g/mol. The molecule has 0 aliphatic heterocycles. The number of nitrogens with zero attached hydrogens (tertiary/aromatic N) is 2. The monoisotopic (exact) mass is 237 g/mol. The Bertz CT molecular complexity index is 256. The van der Waals surface area contributed by atoms with Crippen molar-refractivity contribution < 1.29 is 0 Å². The van der Waals surface area contributed by atoms with Gasteiger partial charge in [0.2, 0.25) is 0 Å². The van der Waals surface area contributed by atoms with Gasteiger partial charge in [0.05, 0.1) is 0 Å². The number of hydrogen-bond donors (Lipinski definition) is 1. The lowest BCUT2D eigenvalue weighted by molar-refractivity contribution is 0.484. The van der Waals surface area contributed by atoms with Crippen molar-refractivity contribution in [3.8, 4) is 0 Å². The largest absolute Gasteiger partial charge is 0.331 e. The third-order valence-corrected chi connectivity index (χ3v) is 3.38. The summed E-state index contributed by atoms with van der Waals surface area (Å²) in [7, 11) is 0. The number of hydrogen-bond acceptors (Lipinski definition) is 2. The molecule has 0 bridgehead atoms. The smallest absolute Gasteiger partial charge is 0.133 e. The summed E-state index contributed by atoms with van der Waals surface area (Å²) in [5.41, 5.74) is 0. The van der Waals surface area contributed by atoms with E-state index in [1.165, 1.54) is 57.8 Å². The van der Waals surface area contributed by atoms with Crippen LogP contribution in [-0.2, 0) is 0 Å². The first kappa shape index (κ1) is 14.2. The zero-order valence-electron chi connectivity index (χ0n) is 11.4. The number of aromatic amines is 1. The predicted octanol–water partition coefficient (Wildman–Crippen LogP) is 4.44. The predicted molar refractivity (Wildman–Crippen MR) is 72.0 cm³/mol. The van der Waals surface area contributed by atoms with Crippen LogP contribution in [0.5, 0.6) is 0 Å². The molecule has 0 spiro atoms. The highest BCUT2D eigenvalue weighted by atomic mass is 15.2. The van der Waals surface area contributed by atoms with Gasteiger partial charge in [0, 0.05) is 5.92 Å². The third-order valence-electron chi connectivity index (χ3n) is 3.38. The van der Waals surface area contributed by atoms with Crippen molar-refractivity contribution in [3.63, 3.8) is 0 Å². The fourth-order valence-electron chi connectivity index (χ4n) is 2.29. The van der Waals surface area contributed by atoms with Crippen molar-refractivity contribution in [2.24, 2.45) is 0 Å². The Morgan fingerprint density at radius 2 is 1.65 bits per heavy atom. The topological polar surface area (TPSA) is 41.6 Å². The molecular formula is C14H27N3. The first-order chi connectivity index (χ1) is 8.38. The molecule has 3 nitrogen and oxygen atoms in total. The standard InChI is InChI=1S/C14H27N3/c1-3-5-7-9-11-13(10-8-6-4-2)14-15-12-16-17-14/h12-13H,3-11H2,1-2H3,(H,15,16,17). The van der Waals surface area contributed by atoms with E-state index in [1.54, 1.807) is 6.33 Å². The van der Waals surface area contributed by atoms with Crippen molar-refractivity contribution in [1.82, 2.24) is 15.2 Å². The van der Waals surface area contributed by atoms with Gasteiger partial charge in [0.25, 0.3) is 0 Å². The van der Waals surface area contributed by atoms with Gasteiger partial charge in [-0.05, 0) is 12.8 Å². The molecular weight excluding hydrogens is 210 g/mol. The molecule has 98 valence electrons. The Hall–Kier alpha value is -0.860. The summed E-state index contributed by atoms with van der Waals surface area (Å²) in [4.78, 5) is 3.18. The average Bonchev–Trinajstić information content (AvgIpc) is 2.86. The Balaban J connectivity index is 2.31. The van der Waals surface area contributed by atoms with E-state index in [1.807, 2.05) is 0 Å². The van der Waals surface area contributed by atoms with Crippen LogP contribution in [0, 0.1) is 0 Å². The second-order valence-electron chi connectivity index (χ2n) is 4.92. The number of nitrogens with one attached hydrogen (secondary N) is 1. The molecule has 0 radical (unpaired) electrons. The Morgan fingerprint density at radius 3 is 2.24 bits per heavy atom. The molecule has 0 saturated heterocycles. The Morgan fingerprint density at radius 1 is 1.00 bits per heavy atom. The summed E-state index contributed by atoms with van der Waals surface area (Å²) in [5, 5.41) is 8.10. The first-order valence-corrected chi connectivity index (χ1v) is 7.24. The summed E-state index contributed by atoms with van der Waals surface area (Å²) >= 11 is 0. The van der Waals surface area contributed by atoms with Crippen LogP contribution in [0.3, 0.4) is 0 Å². The SMILES string of the molecule is CCCCCCC(CCCCC)c1nnc[nH]1. The van der Waals surface area contributed by atoms with Gasteiger partial charge in [0.1, 0.15) is 12.2 Å². The molecule has 0 fully saturated rings. The van der Waals surface area contributed by atoms with Gasteiger partial charge >= 0.3 is 0 Å². The highest BCUT2D eigenvalue weighted by Crippen LogP contribution is 2.25. The molecule has 0 aliphatic carbocycles. The van der Waals surface area contributed by atoms with Crippen LogP contribution < -0.4 is 0 Å². The second kappa shape index (κ2) is 9.20. The van der Waals surface area contributed by atoms with Gasteiger partial charge in [-0.3, -0.25) is 0 Å². The van der Waals surface area contributed by atoms with E-state index in [9.17, 15) is 0 Å². The maximum atomic E-state index is 4.19. The minimum Gasteiger partial charge on any atom is -0.331 e. The zero-order chi connectivity index (χ0) is 12.3. The molecule has 1 atom stereocenters. The third kappa shape index (κ3) is 5.85. The molecule has 1 heterocycles. The number of unbranched alkanes of at least 4 members (excludes halogenated alkanes) is 5. The molecule has 1 aromatic heterocycles. The van der Waals surface area contributed by atoms with Gasteiger partial charge in [-0.15, -0.1) is 10.2 Å². The van der Waals surface area contributed by atoms with Crippen molar-refractivity contribution >= 4 is 0 Å². The minimum absolute atomic E-state index is 0.598. The highest BCUT2D eigenvalue weighted by molar-refractivity contribution is 4.92. The van der Waals surface area contributed by atoms with Crippen LogP contribution in [0.25, 0.3) is 0 Å². The first-order valence-electron chi connectivity index (χ1n) is 7.24. The van der Waals surface area contributed by atoms with E-state index in [0.717, 1.165) is 5.82 Å².